The molecule has 0 atom stereocenters. The van der Waals surface area contributed by atoms with Crippen molar-refractivity contribution in [1.29, 1.82) is 0 Å². The lowest BCUT2D eigenvalue weighted by Crippen LogP contribution is -2.23. The van der Waals surface area contributed by atoms with Crippen molar-refractivity contribution in [3.63, 3.8) is 0 Å². The van der Waals surface area contributed by atoms with Crippen LogP contribution >= 0.6 is 0 Å². The molecule has 1 aromatic rings. The van der Waals surface area contributed by atoms with Crippen LogP contribution in [0.4, 0.5) is 5.69 Å². The van der Waals surface area contributed by atoms with Gasteiger partial charge < -0.3 is 4.90 Å². The highest BCUT2D eigenvalue weighted by molar-refractivity contribution is 5.98. The van der Waals surface area contributed by atoms with Crippen molar-refractivity contribution in [3.8, 4) is 0 Å². The lowest BCUT2D eigenvalue weighted by atomic mass is 9.97. The molecule has 21 heavy (non-hydrogen) atoms. The maximum absolute atomic E-state index is 12.2. The molecule has 0 spiro atoms. The number of hydrogen-bond donors (Lipinski definition) is 0. The highest BCUT2D eigenvalue weighted by atomic mass is 16.2. The summed E-state index contributed by atoms with van der Waals surface area (Å²) in [4.78, 5) is 25.7. The van der Waals surface area contributed by atoms with Crippen molar-refractivity contribution in [1.82, 2.24) is 0 Å². The third kappa shape index (κ3) is 3.34. The number of rotatable bonds is 5. The summed E-state index contributed by atoms with van der Waals surface area (Å²) in [6.07, 6.45) is 8.52. The molecule has 1 aliphatic heterocycles. The molecule has 0 radical (unpaired) electrons. The zero-order valence-electron chi connectivity index (χ0n) is 12.5. The summed E-state index contributed by atoms with van der Waals surface area (Å²) in [5.74, 6) is 1.19. The second kappa shape index (κ2) is 6.42. The van der Waals surface area contributed by atoms with Gasteiger partial charge in [-0.3, -0.25) is 9.59 Å². The van der Waals surface area contributed by atoms with E-state index in [0.29, 0.717) is 12.8 Å². The maximum Gasteiger partial charge on any atom is 0.227 e. The normalized spacial score (nSPS) is 19.4. The van der Waals surface area contributed by atoms with Crippen molar-refractivity contribution >= 4 is 17.4 Å². The van der Waals surface area contributed by atoms with Gasteiger partial charge >= 0.3 is 0 Å². The monoisotopic (exact) mass is 285 g/mol. The molecule has 112 valence electrons. The lowest BCUT2D eigenvalue weighted by Gasteiger charge is -2.15. The van der Waals surface area contributed by atoms with E-state index >= 15 is 0 Å². The minimum Gasteiger partial charge on any atom is -0.312 e. The summed E-state index contributed by atoms with van der Waals surface area (Å²) in [6, 6.07) is 7.56. The van der Waals surface area contributed by atoms with E-state index in [0.717, 1.165) is 36.6 Å². The van der Waals surface area contributed by atoms with Crippen LogP contribution in [0, 0.1) is 5.92 Å². The van der Waals surface area contributed by atoms with Gasteiger partial charge in [-0.2, -0.15) is 0 Å². The average molecular weight is 285 g/mol. The van der Waals surface area contributed by atoms with Crippen LogP contribution in [0.15, 0.2) is 24.3 Å². The number of Topliss-reactive ketones (excluding diaryl/α,β-unsaturated/α-hetero) is 1. The van der Waals surface area contributed by atoms with E-state index in [2.05, 4.69) is 0 Å². The van der Waals surface area contributed by atoms with Crippen molar-refractivity contribution < 1.29 is 9.59 Å². The molecule has 3 nitrogen and oxygen atoms in total. The first kappa shape index (κ1) is 14.3. The number of carbonyl (C=O) groups excluding carboxylic acids is 2. The third-order valence-electron chi connectivity index (χ3n) is 4.83. The molecule has 0 bridgehead atoms. The first-order valence-corrected chi connectivity index (χ1v) is 8.17. The fourth-order valence-electron chi connectivity index (χ4n) is 3.53. The van der Waals surface area contributed by atoms with Gasteiger partial charge in [-0.1, -0.05) is 25.7 Å². The molecule has 0 N–H and O–H groups in total. The van der Waals surface area contributed by atoms with Gasteiger partial charge in [0.25, 0.3) is 0 Å². The Kier molecular flexibility index (Phi) is 4.37. The molecule has 2 aliphatic rings. The Labute approximate surface area is 126 Å². The predicted molar refractivity (Wildman–Crippen MR) is 83.6 cm³/mol. The van der Waals surface area contributed by atoms with Crippen LogP contribution in [0.25, 0.3) is 0 Å². The van der Waals surface area contributed by atoms with E-state index in [1.165, 1.54) is 25.7 Å². The minimum absolute atomic E-state index is 0.190. The number of nitrogens with zero attached hydrogens (tertiary/aromatic N) is 1. The second-order valence-electron chi connectivity index (χ2n) is 6.31. The Hall–Kier alpha value is -1.64. The molecule has 1 saturated carbocycles. The molecule has 0 unspecified atom stereocenters. The zero-order chi connectivity index (χ0) is 14.7. The number of hydrogen-bond acceptors (Lipinski definition) is 2. The van der Waals surface area contributed by atoms with E-state index in [1.54, 1.807) is 0 Å². The average Bonchev–Trinajstić information content (AvgIpc) is 3.16. The topological polar surface area (TPSA) is 37.4 Å². The van der Waals surface area contributed by atoms with Gasteiger partial charge in [0.1, 0.15) is 0 Å². The highest BCUT2D eigenvalue weighted by Gasteiger charge is 2.22. The van der Waals surface area contributed by atoms with Crippen LogP contribution in [0.2, 0.25) is 0 Å². The van der Waals surface area contributed by atoms with Crippen molar-refractivity contribution in [2.45, 2.75) is 51.4 Å². The Bertz CT molecular complexity index is 515. The molecule has 2 fully saturated rings. The Morgan fingerprint density at radius 2 is 1.81 bits per heavy atom. The summed E-state index contributed by atoms with van der Waals surface area (Å²) in [5, 5.41) is 0. The quantitative estimate of drug-likeness (QED) is 0.768. The molecular formula is C18H23NO2. The van der Waals surface area contributed by atoms with Gasteiger partial charge in [0.15, 0.2) is 5.78 Å². The van der Waals surface area contributed by atoms with E-state index in [-0.39, 0.29) is 11.7 Å². The number of carbonyl (C=O) groups is 2. The van der Waals surface area contributed by atoms with Crippen LogP contribution in [0.5, 0.6) is 0 Å². The molecule has 1 aliphatic carbocycles. The molecule has 1 aromatic carbocycles. The lowest BCUT2D eigenvalue weighted by molar-refractivity contribution is -0.117. The number of amides is 1. The van der Waals surface area contributed by atoms with Crippen LogP contribution in [-0.4, -0.2) is 18.2 Å². The van der Waals surface area contributed by atoms with Crippen molar-refractivity contribution in [2.75, 3.05) is 11.4 Å². The zero-order valence-corrected chi connectivity index (χ0v) is 12.5. The van der Waals surface area contributed by atoms with Crippen LogP contribution in [0.1, 0.15) is 61.7 Å². The predicted octanol–water partition coefficient (Wildman–Crippen LogP) is 3.97. The molecular weight excluding hydrogens is 262 g/mol. The van der Waals surface area contributed by atoms with E-state index in [1.807, 2.05) is 29.2 Å². The van der Waals surface area contributed by atoms with Gasteiger partial charge in [-0.15, -0.1) is 0 Å². The summed E-state index contributed by atoms with van der Waals surface area (Å²) >= 11 is 0. The Balaban J connectivity index is 1.58. The molecule has 0 aromatic heterocycles. The van der Waals surface area contributed by atoms with Crippen LogP contribution in [-0.2, 0) is 4.79 Å². The first-order chi connectivity index (χ1) is 10.2. The smallest absolute Gasteiger partial charge is 0.227 e. The third-order valence-corrected chi connectivity index (χ3v) is 4.83. The molecule has 1 heterocycles. The van der Waals surface area contributed by atoms with Gasteiger partial charge in [0.2, 0.25) is 5.91 Å². The van der Waals surface area contributed by atoms with Crippen molar-refractivity contribution in [3.05, 3.63) is 29.8 Å². The van der Waals surface area contributed by atoms with Crippen LogP contribution in [0.3, 0.4) is 0 Å². The highest BCUT2D eigenvalue weighted by Crippen LogP contribution is 2.29. The first-order valence-electron chi connectivity index (χ1n) is 8.17. The number of ketones is 1. The molecule has 3 rings (SSSR count). The standard InChI is InChI=1S/C18H23NO2/c20-17(12-7-14-4-1-2-5-14)15-8-10-16(11-9-15)19-13-3-6-18(19)21/h8-11,14H,1-7,12-13H2. The number of anilines is 1. The number of benzene rings is 1. The van der Waals surface area contributed by atoms with Gasteiger partial charge in [0.05, 0.1) is 0 Å². The van der Waals surface area contributed by atoms with Crippen molar-refractivity contribution in [2.24, 2.45) is 5.92 Å². The van der Waals surface area contributed by atoms with E-state index < -0.39 is 0 Å². The summed E-state index contributed by atoms with van der Waals surface area (Å²) < 4.78 is 0. The van der Waals surface area contributed by atoms with Gasteiger partial charge in [-0.05, 0) is 43.0 Å². The maximum atomic E-state index is 12.2. The Morgan fingerprint density at radius 1 is 1.10 bits per heavy atom. The van der Waals surface area contributed by atoms with Crippen LogP contribution < -0.4 is 4.90 Å². The SMILES string of the molecule is O=C(CCC1CCCC1)c1ccc(N2CCCC2=O)cc1. The largest absolute Gasteiger partial charge is 0.312 e. The second-order valence-corrected chi connectivity index (χ2v) is 6.31. The van der Waals surface area contributed by atoms with Gasteiger partial charge in [-0.25, -0.2) is 0 Å². The molecule has 1 saturated heterocycles. The fraction of sp³-hybridized carbons (Fsp3) is 0.556. The van der Waals surface area contributed by atoms with Gasteiger partial charge in [0, 0.05) is 30.6 Å². The Morgan fingerprint density at radius 3 is 2.43 bits per heavy atom. The van der Waals surface area contributed by atoms with E-state index in [9.17, 15) is 9.59 Å². The fourth-order valence-corrected chi connectivity index (χ4v) is 3.53. The molecule has 1 amide bonds. The summed E-state index contributed by atoms with van der Waals surface area (Å²) in [6.45, 7) is 0.799. The van der Waals surface area contributed by atoms with E-state index in [4.69, 9.17) is 0 Å². The summed E-state index contributed by atoms with van der Waals surface area (Å²) in [7, 11) is 0. The summed E-state index contributed by atoms with van der Waals surface area (Å²) in [5.41, 5.74) is 1.70. The molecule has 3 heteroatoms. The minimum atomic E-state index is 0.190.